The maximum atomic E-state index is 13.6. The van der Waals surface area contributed by atoms with Crippen molar-refractivity contribution in [2.75, 3.05) is 6.54 Å². The normalized spacial score (nSPS) is 22.2. The first-order valence-electron chi connectivity index (χ1n) is 6.21. The van der Waals surface area contributed by atoms with Gasteiger partial charge in [-0.05, 0) is 12.5 Å². The number of carbonyl (C=O) groups is 1. The van der Waals surface area contributed by atoms with Crippen molar-refractivity contribution in [2.24, 2.45) is 5.92 Å². The van der Waals surface area contributed by atoms with Crippen molar-refractivity contribution in [1.29, 1.82) is 0 Å². The highest BCUT2D eigenvalue weighted by atomic mass is 35.5. The van der Waals surface area contributed by atoms with E-state index in [1.165, 1.54) is 12.1 Å². The third kappa shape index (κ3) is 3.43. The van der Waals surface area contributed by atoms with Crippen LogP contribution >= 0.6 is 11.6 Å². The first-order valence-corrected chi connectivity index (χ1v) is 6.59. The van der Waals surface area contributed by atoms with Crippen LogP contribution in [0.25, 0.3) is 0 Å². The summed E-state index contributed by atoms with van der Waals surface area (Å²) in [6.07, 6.45) is -2.35. The van der Waals surface area contributed by atoms with Crippen LogP contribution in [0.2, 0.25) is 5.02 Å². The highest BCUT2D eigenvalue weighted by Gasteiger charge is 2.34. The lowest BCUT2D eigenvalue weighted by atomic mass is 10.1. The van der Waals surface area contributed by atoms with Crippen LogP contribution < -0.4 is 10.6 Å². The minimum atomic E-state index is -2.44. The van der Waals surface area contributed by atoms with Crippen LogP contribution in [-0.4, -0.2) is 24.9 Å². The van der Waals surface area contributed by atoms with E-state index >= 15 is 0 Å². The van der Waals surface area contributed by atoms with E-state index < -0.39 is 30.1 Å². The molecule has 20 heavy (non-hydrogen) atoms. The van der Waals surface area contributed by atoms with Gasteiger partial charge in [0.25, 0.3) is 0 Å². The fourth-order valence-corrected chi connectivity index (χ4v) is 2.34. The second-order valence-corrected chi connectivity index (χ2v) is 5.13. The summed E-state index contributed by atoms with van der Waals surface area (Å²) >= 11 is 5.63. The molecule has 1 aromatic carbocycles. The third-order valence-electron chi connectivity index (χ3n) is 3.32. The van der Waals surface area contributed by atoms with E-state index in [-0.39, 0.29) is 30.1 Å². The SMILES string of the molecule is O=C(NCc1cccc(Cl)c1F)[C@@H]1C[C@H](C(F)F)CN1. The summed E-state index contributed by atoms with van der Waals surface area (Å²) in [4.78, 5) is 11.8. The molecular formula is C13H14ClF3N2O. The lowest BCUT2D eigenvalue weighted by molar-refractivity contribution is -0.123. The molecule has 0 radical (unpaired) electrons. The van der Waals surface area contributed by atoms with E-state index in [2.05, 4.69) is 10.6 Å². The largest absolute Gasteiger partial charge is 0.351 e. The fraction of sp³-hybridized carbons (Fsp3) is 0.462. The maximum absolute atomic E-state index is 13.6. The van der Waals surface area contributed by atoms with Gasteiger partial charge in [0.15, 0.2) is 0 Å². The second-order valence-electron chi connectivity index (χ2n) is 4.72. The van der Waals surface area contributed by atoms with Crippen LogP contribution in [0.4, 0.5) is 13.2 Å². The molecule has 0 bridgehead atoms. The van der Waals surface area contributed by atoms with Gasteiger partial charge in [-0.2, -0.15) is 0 Å². The number of amides is 1. The van der Waals surface area contributed by atoms with Crippen LogP contribution in [0.3, 0.4) is 0 Å². The van der Waals surface area contributed by atoms with Gasteiger partial charge >= 0.3 is 0 Å². The van der Waals surface area contributed by atoms with E-state index in [1.54, 1.807) is 6.07 Å². The van der Waals surface area contributed by atoms with Gasteiger partial charge in [0.1, 0.15) is 5.82 Å². The molecule has 0 aromatic heterocycles. The lowest BCUT2D eigenvalue weighted by Gasteiger charge is -2.12. The molecule has 1 heterocycles. The molecular weight excluding hydrogens is 293 g/mol. The fourth-order valence-electron chi connectivity index (χ4n) is 2.15. The Labute approximate surface area is 119 Å². The Morgan fingerprint density at radius 1 is 1.50 bits per heavy atom. The number of nitrogens with one attached hydrogen (secondary N) is 2. The molecule has 0 spiro atoms. The molecule has 0 unspecified atom stereocenters. The topological polar surface area (TPSA) is 41.1 Å². The second kappa shape index (κ2) is 6.45. The molecule has 7 heteroatoms. The van der Waals surface area contributed by atoms with E-state index in [4.69, 9.17) is 11.6 Å². The first-order chi connectivity index (χ1) is 9.49. The van der Waals surface area contributed by atoms with Gasteiger partial charge in [-0.15, -0.1) is 0 Å². The number of alkyl halides is 2. The van der Waals surface area contributed by atoms with E-state index in [0.717, 1.165) is 0 Å². The molecule has 2 rings (SSSR count). The van der Waals surface area contributed by atoms with Crippen molar-refractivity contribution in [1.82, 2.24) is 10.6 Å². The molecule has 1 aliphatic heterocycles. The zero-order valence-electron chi connectivity index (χ0n) is 10.5. The molecule has 1 saturated heterocycles. The number of hydrogen-bond donors (Lipinski definition) is 2. The van der Waals surface area contributed by atoms with Gasteiger partial charge in [0.05, 0.1) is 11.1 Å². The number of hydrogen-bond acceptors (Lipinski definition) is 2. The van der Waals surface area contributed by atoms with Crippen LogP contribution in [0, 0.1) is 11.7 Å². The summed E-state index contributed by atoms with van der Waals surface area (Å²) in [6, 6.07) is 3.84. The minimum absolute atomic E-state index is 0.0199. The van der Waals surface area contributed by atoms with Gasteiger partial charge in [-0.25, -0.2) is 13.2 Å². The van der Waals surface area contributed by atoms with Gasteiger partial charge < -0.3 is 10.6 Å². The van der Waals surface area contributed by atoms with Gasteiger partial charge in [0.2, 0.25) is 12.3 Å². The molecule has 1 aliphatic rings. The summed E-state index contributed by atoms with van der Waals surface area (Å²) in [6.45, 7) is 0.0873. The highest BCUT2D eigenvalue weighted by molar-refractivity contribution is 6.30. The highest BCUT2D eigenvalue weighted by Crippen LogP contribution is 2.21. The number of halogens is 4. The van der Waals surface area contributed by atoms with E-state index in [0.29, 0.717) is 0 Å². The summed E-state index contributed by atoms with van der Waals surface area (Å²) in [5.74, 6) is -1.81. The smallest absolute Gasteiger partial charge is 0.242 e. The molecule has 1 amide bonds. The zero-order valence-corrected chi connectivity index (χ0v) is 11.3. The standard InChI is InChI=1S/C13H14ClF3N2O/c14-9-3-1-2-7(11(9)15)5-19-13(20)10-4-8(6-18-10)12(16)17/h1-3,8,10,12,18H,4-6H2,(H,19,20)/t8-,10-/m0/s1. The molecule has 2 N–H and O–H groups in total. The summed E-state index contributed by atoms with van der Waals surface area (Å²) in [5.41, 5.74) is 0.259. The Morgan fingerprint density at radius 2 is 2.25 bits per heavy atom. The van der Waals surface area contributed by atoms with E-state index in [9.17, 15) is 18.0 Å². The molecule has 2 atom stereocenters. The maximum Gasteiger partial charge on any atom is 0.242 e. The number of rotatable bonds is 4. The molecule has 0 aliphatic carbocycles. The Hall–Kier alpha value is -1.27. The summed E-state index contributed by atoms with van der Waals surface area (Å²) in [7, 11) is 0. The average Bonchev–Trinajstić information content (AvgIpc) is 2.90. The summed E-state index contributed by atoms with van der Waals surface area (Å²) < 4.78 is 38.6. The molecule has 1 aromatic rings. The van der Waals surface area contributed by atoms with Crippen LogP contribution in [0.5, 0.6) is 0 Å². The first kappa shape index (κ1) is 15.1. The molecule has 1 fully saturated rings. The predicted molar refractivity (Wildman–Crippen MR) is 69.2 cm³/mol. The van der Waals surface area contributed by atoms with Crippen molar-refractivity contribution in [3.8, 4) is 0 Å². The number of carbonyl (C=O) groups excluding carboxylic acids is 1. The van der Waals surface area contributed by atoms with Gasteiger partial charge in [-0.1, -0.05) is 23.7 Å². The minimum Gasteiger partial charge on any atom is -0.351 e. The van der Waals surface area contributed by atoms with Gasteiger partial charge in [-0.3, -0.25) is 4.79 Å². The quantitative estimate of drug-likeness (QED) is 0.896. The third-order valence-corrected chi connectivity index (χ3v) is 3.61. The van der Waals surface area contributed by atoms with Crippen molar-refractivity contribution in [2.45, 2.75) is 25.4 Å². The Bertz CT molecular complexity index is 499. The molecule has 3 nitrogen and oxygen atoms in total. The van der Waals surface area contributed by atoms with Crippen molar-refractivity contribution in [3.05, 3.63) is 34.6 Å². The molecule has 110 valence electrons. The number of benzene rings is 1. The van der Waals surface area contributed by atoms with Crippen LogP contribution in [0.1, 0.15) is 12.0 Å². The van der Waals surface area contributed by atoms with Crippen molar-refractivity contribution < 1.29 is 18.0 Å². The predicted octanol–water partition coefficient (Wildman–Crippen LogP) is 2.34. The Kier molecular flexibility index (Phi) is 4.88. The Morgan fingerprint density at radius 3 is 2.90 bits per heavy atom. The molecule has 0 saturated carbocycles. The van der Waals surface area contributed by atoms with Crippen LogP contribution in [0.15, 0.2) is 18.2 Å². The van der Waals surface area contributed by atoms with Gasteiger partial charge in [0, 0.05) is 24.6 Å². The zero-order chi connectivity index (χ0) is 14.7. The van der Waals surface area contributed by atoms with Crippen molar-refractivity contribution >= 4 is 17.5 Å². The van der Waals surface area contributed by atoms with E-state index in [1.807, 2.05) is 0 Å². The lowest BCUT2D eigenvalue weighted by Crippen LogP contribution is -2.40. The summed E-state index contributed by atoms with van der Waals surface area (Å²) in [5, 5.41) is 5.24. The average molecular weight is 307 g/mol. The van der Waals surface area contributed by atoms with Crippen LogP contribution in [-0.2, 0) is 11.3 Å². The van der Waals surface area contributed by atoms with Crippen molar-refractivity contribution in [3.63, 3.8) is 0 Å². The Balaban J connectivity index is 1.88. The monoisotopic (exact) mass is 306 g/mol.